The summed E-state index contributed by atoms with van der Waals surface area (Å²) >= 11 is 8.31. The normalized spacial score (nSPS) is 16.8. The Morgan fingerprint density at radius 2 is 1.10 bits per heavy atom. The first-order valence-corrected chi connectivity index (χ1v) is 25.4. The number of carboxylic acid groups (broad SMARTS) is 3. The van der Waals surface area contributed by atoms with Gasteiger partial charge in [-0.05, 0) is 73.4 Å². The van der Waals surface area contributed by atoms with E-state index >= 15 is 0 Å². The first-order chi connectivity index (χ1) is 32.5. The van der Waals surface area contributed by atoms with Crippen LogP contribution in [-0.4, -0.2) is 112 Å². The topological polar surface area (TPSA) is 307 Å². The molecule has 0 spiro atoms. The van der Waals surface area contributed by atoms with Crippen molar-refractivity contribution in [1.29, 1.82) is 0 Å². The number of carbonyl (C=O) groups excluding carboxylic acids is 1. The van der Waals surface area contributed by atoms with Crippen molar-refractivity contribution >= 4 is 120 Å². The van der Waals surface area contributed by atoms with Gasteiger partial charge < -0.3 is 55.4 Å². The largest absolute Gasteiger partial charge is 0.537 e. The van der Waals surface area contributed by atoms with Crippen LogP contribution in [0.5, 0.6) is 17.2 Å². The second kappa shape index (κ2) is 22.5. The van der Waals surface area contributed by atoms with Gasteiger partial charge in [-0.2, -0.15) is 0 Å². The Bertz CT molecular complexity index is 2820. The number of aryl methyl sites for hydroxylation is 3. The number of aromatic carboxylic acids is 3. The molecule has 68 heavy (non-hydrogen) atoms. The third-order valence-electron chi connectivity index (χ3n) is 10.4. The highest BCUT2D eigenvalue weighted by molar-refractivity contribution is 8.03. The first-order valence-electron chi connectivity index (χ1n) is 20.2. The van der Waals surface area contributed by atoms with Crippen LogP contribution in [-0.2, 0) is 30.6 Å². The first kappa shape index (κ1) is 50.7. The Morgan fingerprint density at radius 3 is 1.47 bits per heavy atom. The Morgan fingerprint density at radius 1 is 0.691 bits per heavy atom. The summed E-state index contributed by atoms with van der Waals surface area (Å²) in [5.41, 5.74) is 11.6. The van der Waals surface area contributed by atoms with Gasteiger partial charge in [0.15, 0.2) is 8.68 Å². The summed E-state index contributed by atoms with van der Waals surface area (Å²) in [5, 5.41) is 68.7. The number of hydrogen-bond acceptors (Lipinski definition) is 21. The Balaban J connectivity index is 0.000000151. The average Bonchev–Trinajstić information content (AvgIpc) is 4.09. The summed E-state index contributed by atoms with van der Waals surface area (Å²) in [6.45, 7) is 5.55. The fourth-order valence-electron chi connectivity index (χ4n) is 7.18. The molecule has 0 saturated carbocycles. The van der Waals surface area contributed by atoms with Crippen LogP contribution in [0, 0.1) is 20.8 Å². The van der Waals surface area contributed by atoms with Crippen LogP contribution < -0.4 is 25.0 Å². The van der Waals surface area contributed by atoms with Crippen molar-refractivity contribution in [3.05, 3.63) is 109 Å². The van der Waals surface area contributed by atoms with Gasteiger partial charge in [0.25, 0.3) is 0 Å². The van der Waals surface area contributed by atoms with E-state index in [4.69, 9.17) is 19.7 Å². The lowest BCUT2D eigenvalue weighted by Crippen LogP contribution is -2.40. The second-order valence-electron chi connectivity index (χ2n) is 15.0. The molecule has 0 radical (unpaired) electrons. The van der Waals surface area contributed by atoms with Crippen LogP contribution in [0.2, 0.25) is 0 Å². The molecule has 6 heterocycles. The number of nitrogens with two attached hydrogens (primary N) is 1. The smallest absolute Gasteiger partial charge is 0.535 e. The highest BCUT2D eigenvalue weighted by Crippen LogP contribution is 2.42. The van der Waals surface area contributed by atoms with Gasteiger partial charge in [0.2, 0.25) is 6.41 Å². The SMILES string of the molecule is Cc1ccc2c(c1C(=O)O)OB(O)[C@@H](Sc1ncc(CN)s1)C2.Cc1ccc2c(c1C(=O)O)OB(O)[C@@H](Sc1ncc(NC=O)s1)C2.Cc1ccc2c(c1C(=O)O)OB(O)[C@@H](Sc1nncs1)C2. The summed E-state index contributed by atoms with van der Waals surface area (Å²) in [5.74, 6) is -2.41. The van der Waals surface area contributed by atoms with Gasteiger partial charge in [-0.1, -0.05) is 94.4 Å². The van der Waals surface area contributed by atoms with E-state index in [-0.39, 0.29) is 49.4 Å². The number of rotatable bonds is 12. The molecule has 352 valence electrons. The standard InChI is InChI=1S/C14H13BN2O5S2.C14H15BN2O4S2.C12H11BN2O4S2/c1-7-2-3-8-4-9(15(21)22-12(8)11(7)13(19)20)23-14-16-5-10(24-14)17-6-18;1-7-2-3-8-4-10(23-14-17-6-9(5-16)22-14)15(20)21-12(8)11(7)13(18)19;1-6-2-3-7-4-8(21-12-15-14-5-20-12)13(18)19-10(7)9(6)11(16)17/h2-3,5-6,9,21H,4H2,1H3,(H,17,18)(H,19,20);2-3,6,10,20H,4-5,16H2,1H3,(H,18,19);2-3,5,8,18H,4H2,1H3,(H,16,17)/t9-;10-;8-/m000/s1. The molecule has 0 unspecified atom stereocenters. The average molecular weight is 1040 g/mol. The van der Waals surface area contributed by atoms with Gasteiger partial charge in [0, 0.05) is 17.6 Å². The van der Waals surface area contributed by atoms with E-state index in [2.05, 4.69) is 25.5 Å². The van der Waals surface area contributed by atoms with E-state index in [0.29, 0.717) is 58.2 Å². The van der Waals surface area contributed by atoms with Crippen molar-refractivity contribution in [2.75, 3.05) is 5.32 Å². The van der Waals surface area contributed by atoms with E-state index in [1.807, 2.05) is 18.2 Å². The third-order valence-corrected chi connectivity index (χ3v) is 17.1. The number of nitrogens with one attached hydrogen (secondary N) is 1. The van der Waals surface area contributed by atoms with Crippen LogP contribution in [0.3, 0.4) is 0 Å². The molecule has 1 amide bonds. The Hall–Kier alpha value is -5.16. The van der Waals surface area contributed by atoms with Crippen LogP contribution >= 0.6 is 69.3 Å². The number of benzene rings is 3. The number of hydrogen-bond donors (Lipinski definition) is 8. The molecule has 3 atom stereocenters. The minimum absolute atomic E-state index is 0.0849. The van der Waals surface area contributed by atoms with Gasteiger partial charge in [-0.15, -0.1) is 21.5 Å². The molecule has 3 aliphatic rings. The number of thioether (sulfide) groups is 3. The maximum absolute atomic E-state index is 11.4. The summed E-state index contributed by atoms with van der Waals surface area (Å²) in [4.78, 5) is 54.1. The predicted octanol–water partition coefficient (Wildman–Crippen LogP) is 5.22. The summed E-state index contributed by atoms with van der Waals surface area (Å²) < 4.78 is 18.7. The molecule has 19 nitrogen and oxygen atoms in total. The van der Waals surface area contributed by atoms with Crippen molar-refractivity contribution in [2.45, 2.75) is 75.0 Å². The third kappa shape index (κ3) is 11.8. The van der Waals surface area contributed by atoms with E-state index in [1.165, 1.54) is 75.5 Å². The molecular formula is C40H39B3N6O13S6. The number of amides is 1. The molecule has 0 fully saturated rings. The van der Waals surface area contributed by atoms with Gasteiger partial charge >= 0.3 is 39.3 Å². The van der Waals surface area contributed by atoms with Crippen molar-refractivity contribution in [2.24, 2.45) is 5.73 Å². The van der Waals surface area contributed by atoms with Gasteiger partial charge in [-0.3, -0.25) is 4.79 Å². The van der Waals surface area contributed by atoms with E-state index in [1.54, 1.807) is 50.7 Å². The van der Waals surface area contributed by atoms with Crippen molar-refractivity contribution in [1.82, 2.24) is 20.2 Å². The van der Waals surface area contributed by atoms with Gasteiger partial charge in [0.05, 0.1) is 21.6 Å². The number of aromatic nitrogens is 4. The minimum Gasteiger partial charge on any atom is -0.535 e. The molecular weight excluding hydrogens is 997 g/mol. The Labute approximate surface area is 413 Å². The maximum atomic E-state index is 11.4. The maximum Gasteiger partial charge on any atom is 0.537 e. The van der Waals surface area contributed by atoms with Crippen molar-refractivity contribution < 1.29 is 63.5 Å². The van der Waals surface area contributed by atoms with E-state index < -0.39 is 39.3 Å². The van der Waals surface area contributed by atoms with Crippen LogP contribution in [0.25, 0.3) is 0 Å². The number of nitrogens with zero attached hydrogens (tertiary/aromatic N) is 4. The highest BCUT2D eigenvalue weighted by atomic mass is 32.2. The number of thiazole rings is 2. The number of fused-ring (bicyclic) bond motifs is 3. The lowest BCUT2D eigenvalue weighted by molar-refractivity contribution is -0.105. The second-order valence-corrected chi connectivity index (χ2v) is 22.5. The molecule has 9 rings (SSSR count). The fourth-order valence-corrected chi connectivity index (χ4v) is 13.3. The zero-order valence-electron chi connectivity index (χ0n) is 35.9. The molecule has 3 aromatic heterocycles. The summed E-state index contributed by atoms with van der Waals surface area (Å²) in [6.07, 6.45) is 5.32. The fraction of sp³-hybridized carbons (Fsp3) is 0.250. The molecule has 0 bridgehead atoms. The van der Waals surface area contributed by atoms with E-state index in [9.17, 15) is 49.6 Å². The minimum atomic E-state index is -1.14. The van der Waals surface area contributed by atoms with Gasteiger partial charge in [0.1, 0.15) is 48.8 Å². The molecule has 6 aromatic rings. The van der Waals surface area contributed by atoms with Crippen molar-refractivity contribution in [3.8, 4) is 17.2 Å². The number of anilines is 1. The zero-order valence-corrected chi connectivity index (χ0v) is 40.8. The van der Waals surface area contributed by atoms with Crippen LogP contribution in [0.1, 0.15) is 69.3 Å². The summed E-state index contributed by atoms with van der Waals surface area (Å²) in [6, 6.07) is 10.8. The molecule has 3 aliphatic heterocycles. The molecule has 9 N–H and O–H groups in total. The lowest BCUT2D eigenvalue weighted by Gasteiger charge is -2.28. The van der Waals surface area contributed by atoms with Gasteiger partial charge in [-0.25, -0.2) is 24.4 Å². The predicted molar refractivity (Wildman–Crippen MR) is 262 cm³/mol. The lowest BCUT2D eigenvalue weighted by atomic mass is 9.77. The van der Waals surface area contributed by atoms with E-state index in [0.717, 1.165) is 30.2 Å². The zero-order chi connectivity index (χ0) is 48.8. The molecule has 0 saturated heterocycles. The Kier molecular flexibility index (Phi) is 16.8. The number of carboxylic acids is 3. The summed E-state index contributed by atoms with van der Waals surface area (Å²) in [7, 11) is -3.31. The molecule has 3 aromatic carbocycles. The quantitative estimate of drug-likeness (QED) is 0.0576. The monoisotopic (exact) mass is 1040 g/mol. The van der Waals surface area contributed by atoms with Crippen LogP contribution in [0.15, 0.2) is 67.3 Å². The molecule has 28 heteroatoms. The molecule has 0 aliphatic carbocycles. The van der Waals surface area contributed by atoms with Crippen LogP contribution in [0.4, 0.5) is 5.00 Å². The highest BCUT2D eigenvalue weighted by Gasteiger charge is 2.41. The van der Waals surface area contributed by atoms with Crippen molar-refractivity contribution in [3.63, 3.8) is 0 Å². The number of carbonyl (C=O) groups is 4.